The second kappa shape index (κ2) is 3.60. The van der Waals surface area contributed by atoms with Gasteiger partial charge in [0.05, 0.1) is 4.92 Å². The average Bonchev–Trinajstić information content (AvgIpc) is 2.45. The molecule has 0 aliphatic carbocycles. The van der Waals surface area contributed by atoms with E-state index >= 15 is 0 Å². The summed E-state index contributed by atoms with van der Waals surface area (Å²) in [4.78, 5) is 14.2. The number of aryl methyl sites for hydroxylation is 1. The lowest BCUT2D eigenvalue weighted by Crippen LogP contribution is -1.95. The van der Waals surface area contributed by atoms with Crippen LogP contribution in [0, 0.1) is 13.7 Å². The lowest BCUT2D eigenvalue weighted by atomic mass is 10.3. The van der Waals surface area contributed by atoms with E-state index in [1.807, 2.05) is 22.6 Å². The summed E-state index contributed by atoms with van der Waals surface area (Å²) in [5.41, 5.74) is 0.653. The van der Waals surface area contributed by atoms with Gasteiger partial charge in [-0.25, -0.2) is 4.98 Å². The van der Waals surface area contributed by atoms with E-state index in [1.165, 1.54) is 6.20 Å². The summed E-state index contributed by atoms with van der Waals surface area (Å²) in [7, 11) is 1.76. The molecule has 0 spiro atoms. The smallest absolute Gasteiger partial charge is 0.301 e. The SMILES string of the molecule is Cn1c(Cl)cc2c(I)c([N+](=O)[O-])cnc21. The minimum absolute atomic E-state index is 0.00497. The fraction of sp³-hybridized carbons (Fsp3) is 0.125. The standard InChI is InChI=1S/C8H5ClIN3O2/c1-12-6(9)2-4-7(10)5(13(14)15)3-11-8(4)12/h2-3H,1H3. The molecule has 0 saturated carbocycles. The first kappa shape index (κ1) is 10.6. The second-order valence-corrected chi connectivity index (χ2v) is 4.44. The van der Waals surface area contributed by atoms with Crippen LogP contribution in [0.25, 0.3) is 11.0 Å². The van der Waals surface area contributed by atoms with Crippen molar-refractivity contribution in [3.05, 3.63) is 31.1 Å². The van der Waals surface area contributed by atoms with Gasteiger partial charge in [-0.1, -0.05) is 11.6 Å². The van der Waals surface area contributed by atoms with Crippen LogP contribution in [0.4, 0.5) is 5.69 Å². The zero-order valence-corrected chi connectivity index (χ0v) is 10.5. The summed E-state index contributed by atoms with van der Waals surface area (Å²) in [5.74, 6) is 0. The lowest BCUT2D eigenvalue weighted by molar-refractivity contribution is -0.386. The van der Waals surface area contributed by atoms with Crippen molar-refractivity contribution in [2.45, 2.75) is 0 Å². The third-order valence-electron chi connectivity index (χ3n) is 2.11. The molecule has 0 aliphatic rings. The third-order valence-corrected chi connectivity index (χ3v) is 3.61. The van der Waals surface area contributed by atoms with Crippen LogP contribution in [0.2, 0.25) is 5.15 Å². The Kier molecular flexibility index (Phi) is 2.55. The van der Waals surface area contributed by atoms with E-state index in [0.717, 1.165) is 0 Å². The molecule has 0 saturated heterocycles. The van der Waals surface area contributed by atoms with Crippen molar-refractivity contribution in [1.29, 1.82) is 0 Å². The molecule has 0 radical (unpaired) electrons. The first-order valence-corrected chi connectivity index (χ1v) is 5.42. The molecule has 0 aliphatic heterocycles. The zero-order valence-electron chi connectivity index (χ0n) is 7.57. The van der Waals surface area contributed by atoms with Crippen molar-refractivity contribution in [1.82, 2.24) is 9.55 Å². The van der Waals surface area contributed by atoms with Crippen LogP contribution >= 0.6 is 34.2 Å². The lowest BCUT2D eigenvalue weighted by Gasteiger charge is -1.98. The van der Waals surface area contributed by atoms with Gasteiger partial charge in [-0.15, -0.1) is 0 Å². The molecule has 0 N–H and O–H groups in total. The fourth-order valence-corrected chi connectivity index (χ4v) is 2.25. The van der Waals surface area contributed by atoms with Gasteiger partial charge in [-0.2, -0.15) is 0 Å². The number of pyridine rings is 1. The van der Waals surface area contributed by atoms with E-state index in [0.29, 0.717) is 19.8 Å². The highest BCUT2D eigenvalue weighted by molar-refractivity contribution is 14.1. The van der Waals surface area contributed by atoms with E-state index in [4.69, 9.17) is 11.6 Å². The molecule has 0 fully saturated rings. The zero-order chi connectivity index (χ0) is 11.2. The fourth-order valence-electron chi connectivity index (χ4n) is 1.32. The van der Waals surface area contributed by atoms with Gasteiger partial charge in [0.25, 0.3) is 0 Å². The maximum atomic E-state index is 10.7. The summed E-state index contributed by atoms with van der Waals surface area (Å²) in [6.07, 6.45) is 1.25. The molecule has 0 atom stereocenters. The molecule has 0 aromatic carbocycles. The molecule has 0 bridgehead atoms. The van der Waals surface area contributed by atoms with Gasteiger partial charge in [0.2, 0.25) is 0 Å². The summed E-state index contributed by atoms with van der Waals surface area (Å²) >= 11 is 7.84. The molecule has 0 unspecified atom stereocenters. The maximum Gasteiger partial charge on any atom is 0.301 e. The molecular formula is C8H5ClIN3O2. The third kappa shape index (κ3) is 1.57. The van der Waals surface area contributed by atoms with Crippen LogP contribution in [-0.2, 0) is 7.05 Å². The normalized spacial score (nSPS) is 10.9. The number of rotatable bonds is 1. The van der Waals surface area contributed by atoms with Crippen LogP contribution in [0.5, 0.6) is 0 Å². The minimum atomic E-state index is -0.449. The Hall–Kier alpha value is -0.890. The van der Waals surface area contributed by atoms with Gasteiger partial charge < -0.3 is 4.57 Å². The topological polar surface area (TPSA) is 61.0 Å². The number of nitrogens with zero attached hydrogens (tertiary/aromatic N) is 3. The summed E-state index contributed by atoms with van der Waals surface area (Å²) in [6, 6.07) is 1.68. The summed E-state index contributed by atoms with van der Waals surface area (Å²) in [6.45, 7) is 0. The predicted octanol–water partition coefficient (Wildman–Crippen LogP) is 2.74. The quantitative estimate of drug-likeness (QED) is 0.457. The number of aromatic nitrogens is 2. The average molecular weight is 338 g/mol. The second-order valence-electron chi connectivity index (χ2n) is 2.98. The van der Waals surface area contributed by atoms with Crippen LogP contribution in [0.1, 0.15) is 0 Å². The van der Waals surface area contributed by atoms with Crippen molar-refractivity contribution < 1.29 is 4.92 Å². The van der Waals surface area contributed by atoms with Crippen molar-refractivity contribution in [3.8, 4) is 0 Å². The van der Waals surface area contributed by atoms with E-state index in [-0.39, 0.29) is 5.69 Å². The molecule has 78 valence electrons. The first-order valence-electron chi connectivity index (χ1n) is 3.96. The molecule has 15 heavy (non-hydrogen) atoms. The van der Waals surface area contributed by atoms with Gasteiger partial charge in [0.15, 0.2) is 0 Å². The molecule has 2 heterocycles. The molecule has 5 nitrogen and oxygen atoms in total. The van der Waals surface area contributed by atoms with Crippen molar-refractivity contribution >= 4 is 50.9 Å². The van der Waals surface area contributed by atoms with Gasteiger partial charge >= 0.3 is 5.69 Å². The summed E-state index contributed by atoms with van der Waals surface area (Å²) < 4.78 is 2.24. The number of hydrogen-bond donors (Lipinski definition) is 0. The highest BCUT2D eigenvalue weighted by Gasteiger charge is 2.18. The van der Waals surface area contributed by atoms with E-state index in [1.54, 1.807) is 17.7 Å². The molecule has 2 aromatic heterocycles. The number of halogens is 2. The number of fused-ring (bicyclic) bond motifs is 1. The van der Waals surface area contributed by atoms with Crippen molar-refractivity contribution in [3.63, 3.8) is 0 Å². The van der Waals surface area contributed by atoms with Gasteiger partial charge in [0.1, 0.15) is 20.6 Å². The Labute approximate surface area is 103 Å². The Morgan fingerprint density at radius 2 is 2.33 bits per heavy atom. The van der Waals surface area contributed by atoms with Crippen LogP contribution in [0.15, 0.2) is 12.3 Å². The Morgan fingerprint density at radius 3 is 2.93 bits per heavy atom. The number of hydrogen-bond acceptors (Lipinski definition) is 3. The minimum Gasteiger partial charge on any atom is -0.319 e. The van der Waals surface area contributed by atoms with E-state index < -0.39 is 4.92 Å². The van der Waals surface area contributed by atoms with Crippen molar-refractivity contribution in [2.24, 2.45) is 7.05 Å². The van der Waals surface area contributed by atoms with Crippen LogP contribution in [-0.4, -0.2) is 14.5 Å². The van der Waals surface area contributed by atoms with E-state index in [2.05, 4.69) is 4.98 Å². The predicted molar refractivity (Wildman–Crippen MR) is 65.1 cm³/mol. The molecule has 2 aromatic rings. The maximum absolute atomic E-state index is 10.7. The Balaban J connectivity index is 2.85. The van der Waals surface area contributed by atoms with E-state index in [9.17, 15) is 10.1 Å². The van der Waals surface area contributed by atoms with Crippen molar-refractivity contribution in [2.75, 3.05) is 0 Å². The molecule has 7 heteroatoms. The van der Waals surface area contributed by atoms with Crippen LogP contribution < -0.4 is 0 Å². The summed E-state index contributed by atoms with van der Waals surface area (Å²) in [5, 5.41) is 11.9. The van der Waals surface area contributed by atoms with Gasteiger partial charge in [-0.3, -0.25) is 10.1 Å². The highest BCUT2D eigenvalue weighted by Crippen LogP contribution is 2.30. The largest absolute Gasteiger partial charge is 0.319 e. The molecule has 2 rings (SSSR count). The highest BCUT2D eigenvalue weighted by atomic mass is 127. The Bertz CT molecular complexity index is 567. The number of nitro groups is 1. The Morgan fingerprint density at radius 1 is 1.67 bits per heavy atom. The first-order chi connectivity index (χ1) is 7.02. The van der Waals surface area contributed by atoms with Gasteiger partial charge in [0, 0.05) is 12.4 Å². The molecule has 0 amide bonds. The van der Waals surface area contributed by atoms with Gasteiger partial charge in [-0.05, 0) is 28.7 Å². The monoisotopic (exact) mass is 337 g/mol. The van der Waals surface area contributed by atoms with Crippen LogP contribution in [0.3, 0.4) is 0 Å². The molecular weight excluding hydrogens is 332 g/mol.